The van der Waals surface area contributed by atoms with E-state index in [-0.39, 0.29) is 5.56 Å². The van der Waals surface area contributed by atoms with E-state index in [4.69, 9.17) is 0 Å². The number of hydrogen-bond acceptors (Lipinski definition) is 2. The molecule has 0 bridgehead atoms. The van der Waals surface area contributed by atoms with Gasteiger partial charge in [0.1, 0.15) is 5.82 Å². The Balaban J connectivity index is 1.59. The number of hydrogen-bond donors (Lipinski definition) is 1. The summed E-state index contributed by atoms with van der Waals surface area (Å²) in [7, 11) is 0. The Hall–Kier alpha value is -2.47. The molecule has 1 heterocycles. The lowest BCUT2D eigenvalue weighted by molar-refractivity contribution is 0.0947. The van der Waals surface area contributed by atoms with Crippen molar-refractivity contribution in [1.82, 2.24) is 15.1 Å². The molecule has 6 heteroatoms. The number of rotatable bonds is 5. The molecule has 4 nitrogen and oxygen atoms in total. The summed E-state index contributed by atoms with van der Waals surface area (Å²) in [6.07, 6.45) is 3.64. The van der Waals surface area contributed by atoms with Crippen molar-refractivity contribution in [2.75, 3.05) is 0 Å². The molecule has 24 heavy (non-hydrogen) atoms. The number of benzene rings is 2. The Bertz CT molecular complexity index is 832. The molecular weight excluding hydrogens is 373 g/mol. The second kappa shape index (κ2) is 7.40. The number of nitrogens with one attached hydrogen (secondary N) is 1. The molecule has 3 rings (SSSR count). The zero-order valence-electron chi connectivity index (χ0n) is 12.7. The van der Waals surface area contributed by atoms with Gasteiger partial charge in [0.05, 0.1) is 12.1 Å². The number of carbonyl (C=O) groups excluding carboxylic acids is 1. The van der Waals surface area contributed by atoms with Crippen molar-refractivity contribution in [2.24, 2.45) is 0 Å². The fourth-order valence-corrected chi connectivity index (χ4v) is 2.63. The summed E-state index contributed by atoms with van der Waals surface area (Å²) in [6, 6.07) is 14.1. The molecule has 122 valence electrons. The molecule has 0 spiro atoms. The van der Waals surface area contributed by atoms with E-state index in [0.29, 0.717) is 17.6 Å². The van der Waals surface area contributed by atoms with Crippen LogP contribution in [0.5, 0.6) is 0 Å². The van der Waals surface area contributed by atoms with Crippen LogP contribution in [0.3, 0.4) is 0 Å². The third-order valence-corrected chi connectivity index (χ3v) is 4.05. The van der Waals surface area contributed by atoms with E-state index in [1.807, 2.05) is 41.2 Å². The maximum Gasteiger partial charge on any atom is 0.254 e. The summed E-state index contributed by atoms with van der Waals surface area (Å²) in [5.41, 5.74) is 2.10. The topological polar surface area (TPSA) is 46.9 Å². The minimum atomic E-state index is -0.545. The number of amides is 1. The third-order valence-electron chi connectivity index (χ3n) is 3.56. The minimum Gasteiger partial charge on any atom is -0.348 e. The Morgan fingerprint density at radius 2 is 1.92 bits per heavy atom. The predicted molar refractivity (Wildman–Crippen MR) is 93.0 cm³/mol. The first kappa shape index (κ1) is 16.4. The quantitative estimate of drug-likeness (QED) is 0.724. The maximum atomic E-state index is 13.8. The van der Waals surface area contributed by atoms with Gasteiger partial charge in [-0.3, -0.25) is 9.48 Å². The van der Waals surface area contributed by atoms with Gasteiger partial charge in [0.15, 0.2) is 0 Å². The smallest absolute Gasteiger partial charge is 0.254 e. The molecule has 0 atom stereocenters. The molecule has 3 aromatic rings. The van der Waals surface area contributed by atoms with E-state index in [9.17, 15) is 9.18 Å². The monoisotopic (exact) mass is 387 g/mol. The van der Waals surface area contributed by atoms with Crippen molar-refractivity contribution in [3.63, 3.8) is 0 Å². The third kappa shape index (κ3) is 4.08. The van der Waals surface area contributed by atoms with Crippen LogP contribution in [-0.4, -0.2) is 15.7 Å². The summed E-state index contributed by atoms with van der Waals surface area (Å²) < 4.78 is 16.2. The van der Waals surface area contributed by atoms with Crippen LogP contribution in [0.15, 0.2) is 65.4 Å². The Morgan fingerprint density at radius 1 is 1.17 bits per heavy atom. The van der Waals surface area contributed by atoms with Crippen LogP contribution < -0.4 is 5.32 Å². The Labute approximate surface area is 147 Å². The van der Waals surface area contributed by atoms with Crippen molar-refractivity contribution in [3.8, 4) is 0 Å². The summed E-state index contributed by atoms with van der Waals surface area (Å²) in [6.45, 7) is 1.04. The molecule has 1 aromatic heterocycles. The number of carbonyl (C=O) groups is 1. The van der Waals surface area contributed by atoms with E-state index < -0.39 is 11.7 Å². The Kier molecular flexibility index (Phi) is 5.05. The van der Waals surface area contributed by atoms with Crippen molar-refractivity contribution >= 4 is 21.8 Å². The highest BCUT2D eigenvalue weighted by Crippen LogP contribution is 2.15. The predicted octanol–water partition coefficient (Wildman–Crippen LogP) is 3.76. The van der Waals surface area contributed by atoms with Gasteiger partial charge in [-0.15, -0.1) is 0 Å². The highest BCUT2D eigenvalue weighted by Gasteiger charge is 2.11. The molecule has 0 aliphatic heterocycles. The first-order valence-electron chi connectivity index (χ1n) is 7.40. The van der Waals surface area contributed by atoms with Gasteiger partial charge in [0, 0.05) is 23.4 Å². The number of aromatic nitrogens is 2. The van der Waals surface area contributed by atoms with Gasteiger partial charge in [-0.1, -0.05) is 40.2 Å². The lowest BCUT2D eigenvalue weighted by Crippen LogP contribution is -2.23. The largest absolute Gasteiger partial charge is 0.348 e. The Morgan fingerprint density at radius 3 is 2.58 bits per heavy atom. The van der Waals surface area contributed by atoms with Crippen LogP contribution in [0.25, 0.3) is 0 Å². The van der Waals surface area contributed by atoms with E-state index in [0.717, 1.165) is 11.1 Å². The molecular formula is C18H15BrFN3O. The number of halogens is 2. The van der Waals surface area contributed by atoms with Crippen LogP contribution in [0, 0.1) is 5.82 Å². The van der Waals surface area contributed by atoms with Crippen molar-refractivity contribution < 1.29 is 9.18 Å². The highest BCUT2D eigenvalue weighted by atomic mass is 79.9. The van der Waals surface area contributed by atoms with Crippen LogP contribution in [0.4, 0.5) is 4.39 Å². The molecule has 0 radical (unpaired) electrons. The molecule has 0 aliphatic rings. The van der Waals surface area contributed by atoms with Gasteiger partial charge in [0.2, 0.25) is 0 Å². The van der Waals surface area contributed by atoms with Crippen molar-refractivity contribution in [3.05, 3.63) is 87.9 Å². The van der Waals surface area contributed by atoms with Crippen molar-refractivity contribution in [1.29, 1.82) is 0 Å². The zero-order valence-corrected chi connectivity index (χ0v) is 14.3. The lowest BCUT2D eigenvalue weighted by atomic mass is 10.1. The molecule has 0 unspecified atom stereocenters. The second-order valence-corrected chi connectivity index (χ2v) is 6.24. The van der Waals surface area contributed by atoms with Gasteiger partial charge >= 0.3 is 0 Å². The van der Waals surface area contributed by atoms with Crippen LogP contribution in [-0.2, 0) is 13.1 Å². The molecule has 0 saturated heterocycles. The standard InChI is InChI=1S/C18H15BrFN3O/c19-15-6-7-16(17(20)10-15)18(24)21-11-13-2-4-14(5-3-13)12-23-9-1-8-22-23/h1-10H,11-12H2,(H,21,24). The SMILES string of the molecule is O=C(NCc1ccc(Cn2cccn2)cc1)c1ccc(Br)cc1F. The first-order valence-corrected chi connectivity index (χ1v) is 8.19. The van der Waals surface area contributed by atoms with Gasteiger partial charge < -0.3 is 5.32 Å². The molecule has 0 saturated carbocycles. The van der Waals surface area contributed by atoms with E-state index in [1.165, 1.54) is 12.1 Å². The van der Waals surface area contributed by atoms with Gasteiger partial charge in [-0.05, 0) is 35.4 Å². The lowest BCUT2D eigenvalue weighted by Gasteiger charge is -2.08. The molecule has 0 aliphatic carbocycles. The van der Waals surface area contributed by atoms with Gasteiger partial charge in [0.25, 0.3) is 5.91 Å². The maximum absolute atomic E-state index is 13.8. The molecule has 0 fully saturated rings. The summed E-state index contributed by atoms with van der Waals surface area (Å²) in [5, 5.41) is 6.89. The normalized spacial score (nSPS) is 10.6. The first-order chi connectivity index (χ1) is 11.6. The highest BCUT2D eigenvalue weighted by molar-refractivity contribution is 9.10. The molecule has 1 amide bonds. The van der Waals surface area contributed by atoms with E-state index in [2.05, 4.69) is 26.3 Å². The summed E-state index contributed by atoms with van der Waals surface area (Å²) in [4.78, 5) is 12.1. The second-order valence-electron chi connectivity index (χ2n) is 5.33. The fourth-order valence-electron chi connectivity index (χ4n) is 2.29. The van der Waals surface area contributed by atoms with Crippen molar-refractivity contribution in [2.45, 2.75) is 13.1 Å². The zero-order chi connectivity index (χ0) is 16.9. The van der Waals surface area contributed by atoms with E-state index in [1.54, 1.807) is 12.3 Å². The number of nitrogens with zero attached hydrogens (tertiary/aromatic N) is 2. The summed E-state index contributed by atoms with van der Waals surface area (Å²) in [5.74, 6) is -0.975. The average molecular weight is 388 g/mol. The van der Waals surface area contributed by atoms with Gasteiger partial charge in [-0.2, -0.15) is 5.10 Å². The van der Waals surface area contributed by atoms with E-state index >= 15 is 0 Å². The van der Waals surface area contributed by atoms with Crippen LogP contribution in [0.1, 0.15) is 21.5 Å². The summed E-state index contributed by atoms with van der Waals surface area (Å²) >= 11 is 3.17. The van der Waals surface area contributed by atoms with Crippen LogP contribution in [0.2, 0.25) is 0 Å². The minimum absolute atomic E-state index is 0.0357. The fraction of sp³-hybridized carbons (Fsp3) is 0.111. The van der Waals surface area contributed by atoms with Gasteiger partial charge in [-0.25, -0.2) is 4.39 Å². The average Bonchev–Trinajstić information content (AvgIpc) is 3.07. The molecule has 1 N–H and O–H groups in total. The van der Waals surface area contributed by atoms with Crippen LogP contribution >= 0.6 is 15.9 Å². The molecule has 2 aromatic carbocycles.